The summed E-state index contributed by atoms with van der Waals surface area (Å²) in [6.45, 7) is 2.10. The molecule has 0 aliphatic rings. The molecule has 2 aromatic rings. The third-order valence-electron chi connectivity index (χ3n) is 3.56. The van der Waals surface area contributed by atoms with Crippen molar-refractivity contribution in [2.45, 2.75) is 25.4 Å². The van der Waals surface area contributed by atoms with Crippen molar-refractivity contribution in [1.29, 1.82) is 0 Å². The predicted octanol–water partition coefficient (Wildman–Crippen LogP) is 4.48. The molecule has 2 heteroatoms. The third kappa shape index (κ3) is 3.96. The lowest BCUT2D eigenvalue weighted by Gasteiger charge is -2.21. The average Bonchev–Trinajstić information content (AvgIpc) is 2.56. The molecule has 0 saturated carbocycles. The molecule has 0 unspecified atom stereocenters. The fourth-order valence-electron chi connectivity index (χ4n) is 2.37. The van der Waals surface area contributed by atoms with Gasteiger partial charge in [0, 0.05) is 5.92 Å². The number of ether oxygens (including phenoxy) is 1. The zero-order valence-corrected chi connectivity index (χ0v) is 12.6. The summed E-state index contributed by atoms with van der Waals surface area (Å²) in [5, 5.41) is 10.7. The summed E-state index contributed by atoms with van der Waals surface area (Å²) in [4.78, 5) is 0. The van der Waals surface area contributed by atoms with Gasteiger partial charge in [0.1, 0.15) is 5.75 Å². The second kappa shape index (κ2) is 7.65. The van der Waals surface area contributed by atoms with Crippen LogP contribution in [-0.4, -0.2) is 12.2 Å². The van der Waals surface area contributed by atoms with E-state index >= 15 is 0 Å². The van der Waals surface area contributed by atoms with Crippen LogP contribution in [0, 0.1) is 0 Å². The van der Waals surface area contributed by atoms with Crippen LogP contribution in [0.2, 0.25) is 0 Å². The fraction of sp³-hybridized carbons (Fsp3) is 0.263. The van der Waals surface area contributed by atoms with Crippen molar-refractivity contribution in [3.05, 3.63) is 77.9 Å². The van der Waals surface area contributed by atoms with E-state index in [-0.39, 0.29) is 5.92 Å². The van der Waals surface area contributed by atoms with Gasteiger partial charge in [-0.05, 0) is 29.7 Å². The Bertz CT molecular complexity index is 558. The smallest absolute Gasteiger partial charge is 0.118 e. The lowest BCUT2D eigenvalue weighted by atomic mass is 9.88. The van der Waals surface area contributed by atoms with Crippen LogP contribution in [-0.2, 0) is 0 Å². The van der Waals surface area contributed by atoms with Crippen LogP contribution in [0.5, 0.6) is 5.75 Å². The van der Waals surface area contributed by atoms with Gasteiger partial charge in [-0.15, -0.1) is 0 Å². The van der Waals surface area contributed by atoms with Crippen LogP contribution >= 0.6 is 0 Å². The summed E-state index contributed by atoms with van der Waals surface area (Å²) in [6, 6.07) is 17.7. The molecular formula is C19H22O2. The second-order valence-corrected chi connectivity index (χ2v) is 4.99. The Labute approximate surface area is 126 Å². The van der Waals surface area contributed by atoms with Gasteiger partial charge in [0.05, 0.1) is 13.2 Å². The number of aliphatic hydroxyl groups is 1. The minimum absolute atomic E-state index is 0.0421. The minimum atomic E-state index is -0.568. The second-order valence-electron chi connectivity index (χ2n) is 4.99. The molecule has 2 rings (SSSR count). The monoisotopic (exact) mass is 282 g/mol. The molecule has 2 aromatic carbocycles. The molecule has 0 fully saturated rings. The van der Waals surface area contributed by atoms with Gasteiger partial charge >= 0.3 is 0 Å². The summed E-state index contributed by atoms with van der Waals surface area (Å²) < 4.78 is 5.16. The fourth-order valence-corrected chi connectivity index (χ4v) is 2.37. The maximum atomic E-state index is 10.7. The van der Waals surface area contributed by atoms with Gasteiger partial charge in [-0.1, -0.05) is 61.5 Å². The zero-order chi connectivity index (χ0) is 15.1. The van der Waals surface area contributed by atoms with Crippen molar-refractivity contribution >= 4 is 0 Å². The Morgan fingerprint density at radius 3 is 2.24 bits per heavy atom. The van der Waals surface area contributed by atoms with Crippen LogP contribution in [0.3, 0.4) is 0 Å². The SMILES string of the molecule is CCC=C[C@H](c1ccccc1)[C@H](O)c1ccc(OC)cc1. The van der Waals surface area contributed by atoms with Gasteiger partial charge < -0.3 is 9.84 Å². The van der Waals surface area contributed by atoms with Crippen LogP contribution in [0.15, 0.2) is 66.7 Å². The van der Waals surface area contributed by atoms with E-state index in [1.807, 2.05) is 42.5 Å². The largest absolute Gasteiger partial charge is 0.497 e. The van der Waals surface area contributed by atoms with Crippen LogP contribution < -0.4 is 4.74 Å². The van der Waals surface area contributed by atoms with E-state index in [0.717, 1.165) is 23.3 Å². The molecule has 0 saturated heterocycles. The Morgan fingerprint density at radius 2 is 1.67 bits per heavy atom. The number of hydrogen-bond donors (Lipinski definition) is 1. The molecule has 0 radical (unpaired) electrons. The predicted molar refractivity (Wildman–Crippen MR) is 86.6 cm³/mol. The summed E-state index contributed by atoms with van der Waals surface area (Å²) in [7, 11) is 1.64. The van der Waals surface area contributed by atoms with Crippen LogP contribution in [0.4, 0.5) is 0 Å². The third-order valence-corrected chi connectivity index (χ3v) is 3.56. The highest BCUT2D eigenvalue weighted by atomic mass is 16.5. The molecule has 21 heavy (non-hydrogen) atoms. The Kier molecular flexibility index (Phi) is 5.59. The topological polar surface area (TPSA) is 29.5 Å². The lowest BCUT2D eigenvalue weighted by Crippen LogP contribution is -2.09. The van der Waals surface area contributed by atoms with Crippen molar-refractivity contribution in [2.24, 2.45) is 0 Å². The van der Waals surface area contributed by atoms with E-state index < -0.39 is 6.10 Å². The molecule has 2 atom stereocenters. The van der Waals surface area contributed by atoms with E-state index in [1.54, 1.807) is 7.11 Å². The van der Waals surface area contributed by atoms with Gasteiger partial charge in [-0.3, -0.25) is 0 Å². The van der Waals surface area contributed by atoms with E-state index in [4.69, 9.17) is 4.74 Å². The minimum Gasteiger partial charge on any atom is -0.497 e. The number of hydrogen-bond acceptors (Lipinski definition) is 2. The molecule has 0 aliphatic heterocycles. The summed E-state index contributed by atoms with van der Waals surface area (Å²) >= 11 is 0. The summed E-state index contributed by atoms with van der Waals surface area (Å²) in [6.07, 6.45) is 4.58. The standard InChI is InChI=1S/C19H22O2/c1-3-4-10-18(15-8-6-5-7-9-15)19(20)16-11-13-17(21-2)14-12-16/h4-14,18-20H,3H2,1-2H3/t18-,19-/m1/s1. The first-order valence-electron chi connectivity index (χ1n) is 7.30. The van der Waals surface area contributed by atoms with E-state index in [9.17, 15) is 5.11 Å². The van der Waals surface area contributed by atoms with Crippen molar-refractivity contribution in [1.82, 2.24) is 0 Å². The number of allylic oxidation sites excluding steroid dienone is 1. The highest BCUT2D eigenvalue weighted by molar-refractivity contribution is 5.33. The summed E-state index contributed by atoms with van der Waals surface area (Å²) in [5.74, 6) is 0.755. The Balaban J connectivity index is 2.29. The van der Waals surface area contributed by atoms with Crippen molar-refractivity contribution in [3.8, 4) is 5.75 Å². The molecule has 0 aromatic heterocycles. The number of benzene rings is 2. The van der Waals surface area contributed by atoms with Crippen LogP contribution in [0.25, 0.3) is 0 Å². The number of methoxy groups -OCH3 is 1. The Morgan fingerprint density at radius 1 is 1.00 bits per heavy atom. The highest BCUT2D eigenvalue weighted by Crippen LogP contribution is 2.33. The first-order valence-corrected chi connectivity index (χ1v) is 7.30. The first-order chi connectivity index (χ1) is 10.3. The molecule has 110 valence electrons. The van der Waals surface area contributed by atoms with Gasteiger partial charge in [-0.2, -0.15) is 0 Å². The quantitative estimate of drug-likeness (QED) is 0.792. The Hall–Kier alpha value is -2.06. The molecule has 0 aliphatic carbocycles. The maximum Gasteiger partial charge on any atom is 0.118 e. The van der Waals surface area contributed by atoms with Gasteiger partial charge in [-0.25, -0.2) is 0 Å². The number of aliphatic hydroxyl groups excluding tert-OH is 1. The van der Waals surface area contributed by atoms with Crippen molar-refractivity contribution < 1.29 is 9.84 Å². The van der Waals surface area contributed by atoms with Gasteiger partial charge in [0.15, 0.2) is 0 Å². The molecule has 0 heterocycles. The molecule has 1 N–H and O–H groups in total. The molecule has 0 spiro atoms. The van der Waals surface area contributed by atoms with Crippen LogP contribution in [0.1, 0.15) is 36.5 Å². The van der Waals surface area contributed by atoms with E-state index in [1.165, 1.54) is 0 Å². The molecule has 0 amide bonds. The number of rotatable bonds is 6. The molecular weight excluding hydrogens is 260 g/mol. The first kappa shape index (κ1) is 15.3. The average molecular weight is 282 g/mol. The van der Waals surface area contributed by atoms with Gasteiger partial charge in [0.25, 0.3) is 0 Å². The molecule has 2 nitrogen and oxygen atoms in total. The maximum absolute atomic E-state index is 10.7. The molecule has 0 bridgehead atoms. The van der Waals surface area contributed by atoms with E-state index in [2.05, 4.69) is 31.2 Å². The summed E-state index contributed by atoms with van der Waals surface area (Å²) in [5.41, 5.74) is 2.01. The normalized spacial score (nSPS) is 14.0. The van der Waals surface area contributed by atoms with Crippen molar-refractivity contribution in [3.63, 3.8) is 0 Å². The van der Waals surface area contributed by atoms with Gasteiger partial charge in [0.2, 0.25) is 0 Å². The lowest BCUT2D eigenvalue weighted by molar-refractivity contribution is 0.161. The zero-order valence-electron chi connectivity index (χ0n) is 12.6. The highest BCUT2D eigenvalue weighted by Gasteiger charge is 2.20. The van der Waals surface area contributed by atoms with E-state index in [0.29, 0.717) is 0 Å². The van der Waals surface area contributed by atoms with Crippen molar-refractivity contribution in [2.75, 3.05) is 7.11 Å².